The molecule has 1 unspecified atom stereocenters. The first kappa shape index (κ1) is 33.2. The average molecular weight is 781 g/mol. The predicted octanol–water partition coefficient (Wildman–Crippen LogP) is 13.8. The van der Waals surface area contributed by atoms with Crippen LogP contribution in [0.2, 0.25) is 0 Å². The first-order valence-electron chi connectivity index (χ1n) is 21.1. The summed E-state index contributed by atoms with van der Waals surface area (Å²) in [5.74, 6) is 1.87. The van der Waals surface area contributed by atoms with Crippen molar-refractivity contribution in [1.82, 2.24) is 19.5 Å². The maximum Gasteiger partial charge on any atom is 0.164 e. The van der Waals surface area contributed by atoms with Crippen molar-refractivity contribution in [3.63, 3.8) is 0 Å². The van der Waals surface area contributed by atoms with Gasteiger partial charge in [-0.25, -0.2) is 15.0 Å². The summed E-state index contributed by atoms with van der Waals surface area (Å²) in [6.07, 6.45) is 0. The molecule has 0 saturated heterocycles. The molecule has 0 saturated carbocycles. The second-order valence-corrected chi connectivity index (χ2v) is 17.7. The molecule has 1 aliphatic heterocycles. The lowest BCUT2D eigenvalue weighted by molar-refractivity contribution is 0.661. The molecule has 0 fully saturated rings. The molecule has 5 nitrogen and oxygen atoms in total. The van der Waals surface area contributed by atoms with Gasteiger partial charge in [0.05, 0.1) is 11.0 Å². The minimum absolute atomic E-state index is 0.152. The Kier molecular flexibility index (Phi) is 6.18. The van der Waals surface area contributed by atoms with Gasteiger partial charge in [-0.05, 0) is 112 Å². The summed E-state index contributed by atoms with van der Waals surface area (Å²) in [7, 11) is 0. The van der Waals surface area contributed by atoms with Gasteiger partial charge in [0, 0.05) is 54.8 Å². The quantitative estimate of drug-likeness (QED) is 0.166. The van der Waals surface area contributed by atoms with Crippen LogP contribution < -0.4 is 0 Å². The van der Waals surface area contributed by atoms with Crippen LogP contribution in [0, 0.1) is 0 Å². The molecule has 61 heavy (non-hydrogen) atoms. The summed E-state index contributed by atoms with van der Waals surface area (Å²) < 4.78 is 9.15. The molecule has 2 aliphatic carbocycles. The van der Waals surface area contributed by atoms with Crippen molar-refractivity contribution in [3.05, 3.63) is 192 Å². The van der Waals surface area contributed by atoms with E-state index in [1.165, 1.54) is 71.9 Å². The third kappa shape index (κ3) is 4.22. The lowest BCUT2D eigenvalue weighted by Gasteiger charge is -2.29. The molecule has 1 atom stereocenters. The monoisotopic (exact) mass is 780 g/mol. The van der Waals surface area contributed by atoms with Crippen LogP contribution in [-0.2, 0) is 10.8 Å². The van der Waals surface area contributed by atoms with Gasteiger partial charge in [0.2, 0.25) is 0 Å². The molecule has 0 spiro atoms. The van der Waals surface area contributed by atoms with Gasteiger partial charge in [0.25, 0.3) is 0 Å². The van der Waals surface area contributed by atoms with Crippen molar-refractivity contribution < 1.29 is 4.42 Å². The Morgan fingerprint density at radius 1 is 0.426 bits per heavy atom. The van der Waals surface area contributed by atoms with E-state index in [1.807, 2.05) is 30.3 Å². The second-order valence-electron chi connectivity index (χ2n) is 17.7. The Bertz CT molecular complexity index is 3760. The third-order valence-electron chi connectivity index (χ3n) is 14.2. The fourth-order valence-electron chi connectivity index (χ4n) is 11.2. The first-order valence-corrected chi connectivity index (χ1v) is 21.1. The summed E-state index contributed by atoms with van der Waals surface area (Å²) in [5.41, 5.74) is 18.9. The van der Waals surface area contributed by atoms with Crippen molar-refractivity contribution in [2.24, 2.45) is 0 Å². The minimum Gasteiger partial charge on any atom is -0.456 e. The molecule has 11 aromatic rings. The molecular weight excluding hydrogens is 745 g/mol. The van der Waals surface area contributed by atoms with Crippen LogP contribution in [0.25, 0.3) is 106 Å². The van der Waals surface area contributed by atoms with Gasteiger partial charge >= 0.3 is 0 Å². The minimum atomic E-state index is -0.470. The molecule has 3 aliphatic rings. The Balaban J connectivity index is 1.17. The van der Waals surface area contributed by atoms with E-state index in [9.17, 15) is 0 Å². The van der Waals surface area contributed by atoms with E-state index in [0.717, 1.165) is 44.3 Å². The lowest BCUT2D eigenvalue weighted by atomic mass is 9.74. The van der Waals surface area contributed by atoms with E-state index >= 15 is 0 Å². The zero-order valence-electron chi connectivity index (χ0n) is 33.8. The van der Waals surface area contributed by atoms with E-state index in [0.29, 0.717) is 17.5 Å². The van der Waals surface area contributed by atoms with Gasteiger partial charge in [0.1, 0.15) is 11.2 Å². The zero-order chi connectivity index (χ0) is 40.4. The number of hydrogen-bond donors (Lipinski definition) is 0. The highest BCUT2D eigenvalue weighted by Gasteiger charge is 2.42. The summed E-state index contributed by atoms with van der Waals surface area (Å²) in [4.78, 5) is 15.7. The number of hydrogen-bond acceptors (Lipinski definition) is 4. The van der Waals surface area contributed by atoms with Crippen LogP contribution in [0.1, 0.15) is 48.6 Å². The molecule has 0 radical (unpaired) electrons. The predicted molar refractivity (Wildman–Crippen MR) is 246 cm³/mol. The van der Waals surface area contributed by atoms with E-state index in [4.69, 9.17) is 19.4 Å². The van der Waals surface area contributed by atoms with Crippen LogP contribution >= 0.6 is 0 Å². The van der Waals surface area contributed by atoms with E-state index in [2.05, 4.69) is 159 Å². The van der Waals surface area contributed by atoms with Crippen LogP contribution in [-0.4, -0.2) is 19.5 Å². The molecule has 0 N–H and O–H groups in total. The third-order valence-corrected chi connectivity index (χ3v) is 14.2. The van der Waals surface area contributed by atoms with Crippen molar-refractivity contribution >= 4 is 43.7 Å². The van der Waals surface area contributed by atoms with Gasteiger partial charge in [-0.15, -0.1) is 0 Å². The average Bonchev–Trinajstić information content (AvgIpc) is 3.98. The van der Waals surface area contributed by atoms with E-state index in [-0.39, 0.29) is 5.41 Å². The van der Waals surface area contributed by atoms with Crippen molar-refractivity contribution in [3.8, 4) is 62.1 Å². The van der Waals surface area contributed by atoms with Gasteiger partial charge in [0.15, 0.2) is 17.5 Å². The lowest BCUT2D eigenvalue weighted by Crippen LogP contribution is -2.22. The Morgan fingerprint density at radius 3 is 1.85 bits per heavy atom. The smallest absolute Gasteiger partial charge is 0.164 e. The van der Waals surface area contributed by atoms with Gasteiger partial charge in [-0.2, -0.15) is 0 Å². The van der Waals surface area contributed by atoms with E-state index in [1.54, 1.807) is 0 Å². The summed E-state index contributed by atoms with van der Waals surface area (Å²) in [6, 6.07) is 59.8. The molecule has 286 valence electrons. The molecule has 8 aromatic carbocycles. The largest absolute Gasteiger partial charge is 0.456 e. The molecule has 0 amide bonds. The maximum atomic E-state index is 6.65. The van der Waals surface area contributed by atoms with E-state index < -0.39 is 5.41 Å². The first-order chi connectivity index (χ1) is 29.8. The Labute approximate surface area is 351 Å². The van der Waals surface area contributed by atoms with Gasteiger partial charge < -0.3 is 8.98 Å². The van der Waals surface area contributed by atoms with Crippen LogP contribution in [0.5, 0.6) is 0 Å². The Hall–Kier alpha value is -7.63. The van der Waals surface area contributed by atoms with Crippen LogP contribution in [0.15, 0.2) is 168 Å². The molecule has 14 rings (SSSR count). The molecular formula is C56H36N4O. The highest BCUT2D eigenvalue weighted by Crippen LogP contribution is 2.56. The SMILES string of the molecule is CC1(C)c2ccccc2-c2cc3c4cc5c6cc4n(c3cc21)-c1ccc2oc3cccc(c3c2c1)-c1nc(-c2ccccc2)nc(n1)-c1cccc(c1)C6(C)c1ccccc1-5. The summed E-state index contributed by atoms with van der Waals surface area (Å²) in [5, 5.41) is 4.49. The number of aromatic nitrogens is 4. The fraction of sp³-hybridized carbons (Fsp3) is 0.0893. The number of benzene rings is 8. The normalized spacial score (nSPS) is 16.3. The fourth-order valence-corrected chi connectivity index (χ4v) is 11.2. The number of fused-ring (bicyclic) bond motifs is 18. The second kappa shape index (κ2) is 11.3. The highest BCUT2D eigenvalue weighted by molar-refractivity contribution is 6.16. The molecule has 3 aromatic heterocycles. The van der Waals surface area contributed by atoms with Crippen LogP contribution in [0.4, 0.5) is 0 Å². The highest BCUT2D eigenvalue weighted by atomic mass is 16.3. The number of furan rings is 1. The maximum absolute atomic E-state index is 6.65. The van der Waals surface area contributed by atoms with Crippen molar-refractivity contribution in [1.29, 1.82) is 0 Å². The number of nitrogens with zero attached hydrogens (tertiary/aromatic N) is 4. The molecule has 5 heteroatoms. The van der Waals surface area contributed by atoms with Crippen molar-refractivity contribution in [2.75, 3.05) is 0 Å². The Morgan fingerprint density at radius 2 is 1.05 bits per heavy atom. The standard InChI is InChI=1S/C56H36N4O/c1-55(2)43-20-9-7-17-35(43)38-27-40-41-28-39-36-18-8-10-21-44(36)56(3)33-16-11-15-32(25-33)53-57-52(31-13-5-4-6-14-31)58-54(59-53)37-19-12-22-50-51(37)42-26-34(23-24-49(42)61-50)60(47(40)29-45(38)55)48(41)30-46(39)56/h4-30H,1-3H3. The number of rotatable bonds is 1. The molecule has 4 heterocycles. The van der Waals surface area contributed by atoms with Gasteiger partial charge in [-0.3, -0.25) is 0 Å². The molecule has 8 bridgehead atoms. The van der Waals surface area contributed by atoms with Crippen LogP contribution in [0.3, 0.4) is 0 Å². The summed E-state index contributed by atoms with van der Waals surface area (Å²) >= 11 is 0. The van der Waals surface area contributed by atoms with Gasteiger partial charge in [-0.1, -0.05) is 123 Å². The van der Waals surface area contributed by atoms with Crippen molar-refractivity contribution in [2.45, 2.75) is 31.6 Å². The zero-order valence-corrected chi connectivity index (χ0v) is 33.8. The topological polar surface area (TPSA) is 56.7 Å². The summed E-state index contributed by atoms with van der Waals surface area (Å²) in [6.45, 7) is 7.13.